The smallest absolute Gasteiger partial charge is 0.156 e. The summed E-state index contributed by atoms with van der Waals surface area (Å²) in [6, 6.07) is 0. The Kier molecular flexibility index (Phi) is 7.89. The van der Waals surface area contributed by atoms with E-state index in [1.165, 1.54) is 32.2 Å². The maximum Gasteiger partial charge on any atom is 0.156 e. The van der Waals surface area contributed by atoms with Crippen LogP contribution in [0.2, 0.25) is 0 Å². The number of unbranched alkanes of at least 4 members (excludes halogenated alkanes) is 1. The normalized spacial score (nSPS) is 21.5. The number of nitrogens with one attached hydrogen (secondary N) is 1. The summed E-state index contributed by atoms with van der Waals surface area (Å²) in [6.45, 7) is 7.08. The van der Waals surface area contributed by atoms with Gasteiger partial charge in [0.2, 0.25) is 0 Å². The van der Waals surface area contributed by atoms with E-state index in [1.54, 1.807) is 4.90 Å². The number of quaternary nitrogens is 1. The molecule has 0 fully saturated rings. The lowest BCUT2D eigenvalue weighted by atomic mass is 9.99. The Morgan fingerprint density at radius 2 is 2.13 bits per heavy atom. The van der Waals surface area contributed by atoms with Crippen LogP contribution in [0, 0.1) is 5.92 Å². The van der Waals surface area contributed by atoms with Gasteiger partial charge in [-0.3, -0.25) is 4.90 Å². The summed E-state index contributed by atoms with van der Waals surface area (Å²) in [7, 11) is 2.15. The second-order valence-corrected chi connectivity index (χ2v) is 4.51. The van der Waals surface area contributed by atoms with Crippen LogP contribution in [-0.4, -0.2) is 25.2 Å². The topological polar surface area (TPSA) is 7.68 Å². The van der Waals surface area contributed by atoms with Crippen LogP contribution in [0.15, 0.2) is 12.4 Å². The van der Waals surface area contributed by atoms with Crippen molar-refractivity contribution in [3.8, 4) is 0 Å². The van der Waals surface area contributed by atoms with Gasteiger partial charge in [-0.1, -0.05) is 26.7 Å². The molecule has 0 saturated carbocycles. The molecule has 2 nitrogen and oxygen atoms in total. The molecule has 1 aliphatic heterocycles. The van der Waals surface area contributed by atoms with E-state index in [-0.39, 0.29) is 12.4 Å². The lowest BCUT2D eigenvalue weighted by molar-refractivity contribution is -0.852. The molecule has 1 rings (SSSR count). The molecular formula is C12H25ClN2. The Labute approximate surface area is 101 Å². The number of hydrogen-bond acceptors (Lipinski definition) is 1. The largest absolute Gasteiger partial charge is 1.00 e. The van der Waals surface area contributed by atoms with E-state index in [0.717, 1.165) is 12.6 Å². The molecule has 0 radical (unpaired) electrons. The van der Waals surface area contributed by atoms with Gasteiger partial charge in [-0.05, 0) is 12.8 Å². The van der Waals surface area contributed by atoms with E-state index in [1.807, 2.05) is 0 Å². The fraction of sp³-hybridized carbons (Fsp3) is 0.833. The molecule has 0 saturated heterocycles. The molecular weight excluding hydrogens is 208 g/mol. The summed E-state index contributed by atoms with van der Waals surface area (Å²) in [5.41, 5.74) is 0. The highest BCUT2D eigenvalue weighted by atomic mass is 35.5. The first-order valence-corrected chi connectivity index (χ1v) is 5.99. The van der Waals surface area contributed by atoms with Crippen molar-refractivity contribution >= 4 is 0 Å². The third-order valence-electron chi connectivity index (χ3n) is 3.11. The predicted molar refractivity (Wildman–Crippen MR) is 60.9 cm³/mol. The van der Waals surface area contributed by atoms with Gasteiger partial charge in [0.1, 0.15) is 6.20 Å². The first kappa shape index (κ1) is 14.8. The van der Waals surface area contributed by atoms with Crippen LogP contribution in [0.25, 0.3) is 0 Å². The predicted octanol–water partition coefficient (Wildman–Crippen LogP) is -1.53. The molecule has 15 heavy (non-hydrogen) atoms. The van der Waals surface area contributed by atoms with Gasteiger partial charge in [0.25, 0.3) is 0 Å². The lowest BCUT2D eigenvalue weighted by Crippen LogP contribution is -3.07. The second-order valence-electron chi connectivity index (χ2n) is 4.51. The number of nitrogens with zero attached hydrogens (tertiary/aromatic N) is 1. The van der Waals surface area contributed by atoms with Crippen molar-refractivity contribution in [3.05, 3.63) is 12.4 Å². The molecule has 0 aromatic rings. The van der Waals surface area contributed by atoms with E-state index in [0.29, 0.717) is 0 Å². The third-order valence-corrected chi connectivity index (χ3v) is 3.11. The Morgan fingerprint density at radius 1 is 1.40 bits per heavy atom. The summed E-state index contributed by atoms with van der Waals surface area (Å²) in [6.07, 6.45) is 9.97. The van der Waals surface area contributed by atoms with E-state index in [9.17, 15) is 0 Å². The Bertz CT molecular complexity index is 182. The van der Waals surface area contributed by atoms with Crippen molar-refractivity contribution in [2.75, 3.05) is 20.3 Å². The highest BCUT2D eigenvalue weighted by Gasteiger charge is 2.18. The minimum atomic E-state index is 0. The molecule has 0 aromatic carbocycles. The van der Waals surface area contributed by atoms with Gasteiger partial charge in [-0.25, -0.2) is 0 Å². The summed E-state index contributed by atoms with van der Waals surface area (Å²) in [5, 5.41) is 0. The fourth-order valence-corrected chi connectivity index (χ4v) is 2.11. The van der Waals surface area contributed by atoms with Gasteiger partial charge in [0, 0.05) is 13.0 Å². The quantitative estimate of drug-likeness (QED) is 0.584. The summed E-state index contributed by atoms with van der Waals surface area (Å²) in [5.74, 6) is 0.918. The molecule has 1 heterocycles. The lowest BCUT2D eigenvalue weighted by Gasteiger charge is -2.19. The molecule has 1 N–H and O–H groups in total. The maximum atomic E-state index is 2.32. The molecule has 2 atom stereocenters. The highest BCUT2D eigenvalue weighted by molar-refractivity contribution is 4.75. The Morgan fingerprint density at radius 3 is 2.60 bits per heavy atom. The van der Waals surface area contributed by atoms with Crippen LogP contribution in [0.5, 0.6) is 0 Å². The average Bonchev–Trinajstić information content (AvgIpc) is 2.58. The van der Waals surface area contributed by atoms with Crippen LogP contribution < -0.4 is 17.3 Å². The van der Waals surface area contributed by atoms with E-state index in [4.69, 9.17) is 0 Å². The van der Waals surface area contributed by atoms with Crippen molar-refractivity contribution in [2.45, 2.75) is 39.5 Å². The minimum Gasteiger partial charge on any atom is -1.00 e. The SMILES string of the molecule is CCCCC(CC)C[NH+]1C=CN(C)C1.[Cl-]. The van der Waals surface area contributed by atoms with E-state index >= 15 is 0 Å². The van der Waals surface area contributed by atoms with Gasteiger partial charge in [0.15, 0.2) is 6.67 Å². The van der Waals surface area contributed by atoms with Crippen molar-refractivity contribution in [1.82, 2.24) is 4.90 Å². The first-order chi connectivity index (χ1) is 6.76. The molecule has 1 aliphatic rings. The highest BCUT2D eigenvalue weighted by Crippen LogP contribution is 2.10. The molecule has 3 heteroatoms. The van der Waals surface area contributed by atoms with Gasteiger partial charge < -0.3 is 17.3 Å². The zero-order valence-corrected chi connectivity index (χ0v) is 11.1. The summed E-state index contributed by atoms with van der Waals surface area (Å²) >= 11 is 0. The third kappa shape index (κ3) is 5.43. The number of rotatable bonds is 6. The zero-order valence-electron chi connectivity index (χ0n) is 10.3. The monoisotopic (exact) mass is 232 g/mol. The van der Waals surface area contributed by atoms with Gasteiger partial charge in [-0.15, -0.1) is 0 Å². The number of hydrogen-bond donors (Lipinski definition) is 1. The van der Waals surface area contributed by atoms with Crippen molar-refractivity contribution < 1.29 is 17.3 Å². The molecule has 0 aliphatic carbocycles. The van der Waals surface area contributed by atoms with E-state index in [2.05, 4.69) is 38.2 Å². The van der Waals surface area contributed by atoms with Gasteiger partial charge in [-0.2, -0.15) is 0 Å². The van der Waals surface area contributed by atoms with Gasteiger partial charge >= 0.3 is 0 Å². The summed E-state index contributed by atoms with van der Waals surface area (Å²) in [4.78, 5) is 3.89. The molecule has 0 bridgehead atoms. The molecule has 0 amide bonds. The van der Waals surface area contributed by atoms with Crippen LogP contribution in [0.1, 0.15) is 39.5 Å². The second kappa shape index (κ2) is 8.00. The minimum absolute atomic E-state index is 0. The van der Waals surface area contributed by atoms with Gasteiger partial charge in [0.05, 0.1) is 12.7 Å². The van der Waals surface area contributed by atoms with Crippen LogP contribution in [0.4, 0.5) is 0 Å². The maximum absolute atomic E-state index is 2.32. The van der Waals surface area contributed by atoms with E-state index < -0.39 is 0 Å². The van der Waals surface area contributed by atoms with Crippen molar-refractivity contribution in [1.29, 1.82) is 0 Å². The summed E-state index contributed by atoms with van der Waals surface area (Å²) < 4.78 is 0. The molecule has 0 aromatic heterocycles. The average molecular weight is 233 g/mol. The standard InChI is InChI=1S/C12H24N2.ClH/c1-4-6-7-12(5-2)10-14-9-8-13(3)11-14;/h8-9,12H,4-7,10-11H2,1-3H3;1H. The zero-order chi connectivity index (χ0) is 10.4. The molecule has 2 unspecified atom stereocenters. The number of halogens is 1. The van der Waals surface area contributed by atoms with Crippen molar-refractivity contribution in [3.63, 3.8) is 0 Å². The molecule has 90 valence electrons. The Balaban J connectivity index is 0.00000196. The first-order valence-electron chi connectivity index (χ1n) is 5.99. The Hall–Kier alpha value is -0.210. The van der Waals surface area contributed by atoms with Crippen LogP contribution in [0.3, 0.4) is 0 Å². The van der Waals surface area contributed by atoms with Crippen molar-refractivity contribution in [2.24, 2.45) is 5.92 Å². The van der Waals surface area contributed by atoms with Crippen LogP contribution >= 0.6 is 0 Å². The fourth-order valence-electron chi connectivity index (χ4n) is 2.11. The van der Waals surface area contributed by atoms with Crippen LogP contribution in [-0.2, 0) is 0 Å². The molecule has 0 spiro atoms.